The van der Waals surface area contributed by atoms with Crippen LogP contribution < -0.4 is 0 Å². The number of hydrogen-bond donors (Lipinski definition) is 0. The van der Waals surface area contributed by atoms with Crippen LogP contribution in [0.5, 0.6) is 0 Å². The van der Waals surface area contributed by atoms with Crippen molar-refractivity contribution in [3.63, 3.8) is 0 Å². The predicted molar refractivity (Wildman–Crippen MR) is 99.9 cm³/mol. The van der Waals surface area contributed by atoms with Crippen molar-refractivity contribution in [2.45, 2.75) is 13.3 Å². The van der Waals surface area contributed by atoms with E-state index in [9.17, 15) is 0 Å². The summed E-state index contributed by atoms with van der Waals surface area (Å²) in [5.41, 5.74) is 5.61. The summed E-state index contributed by atoms with van der Waals surface area (Å²) >= 11 is 6.96. The molecule has 3 aromatic rings. The van der Waals surface area contributed by atoms with E-state index in [-0.39, 0.29) is 0 Å². The van der Waals surface area contributed by atoms with Crippen LogP contribution in [0.1, 0.15) is 12.5 Å². The molecule has 1 heterocycles. The molecule has 1 aromatic heterocycles. The zero-order chi connectivity index (χ0) is 15.5. The number of aryl methyl sites for hydroxylation is 1. The highest BCUT2D eigenvalue weighted by molar-refractivity contribution is 9.10. The quantitative estimate of drug-likeness (QED) is 0.474. The lowest BCUT2D eigenvalue weighted by atomic mass is 10.0. The van der Waals surface area contributed by atoms with E-state index in [1.165, 1.54) is 5.56 Å². The van der Waals surface area contributed by atoms with Crippen molar-refractivity contribution < 1.29 is 0 Å². The summed E-state index contributed by atoms with van der Waals surface area (Å²) in [6.07, 6.45) is 0.996. The summed E-state index contributed by atoms with van der Waals surface area (Å²) in [6.45, 7) is 2.17. The predicted octanol–water partition coefficient (Wildman–Crippen LogP) is 6.50. The summed E-state index contributed by atoms with van der Waals surface area (Å²) < 4.78 is 2.16. The van der Waals surface area contributed by atoms with Crippen molar-refractivity contribution in [1.82, 2.24) is 4.98 Å². The maximum Gasteiger partial charge on any atom is 0.0712 e. The minimum Gasteiger partial charge on any atom is -0.248 e. The third-order valence-corrected chi connectivity index (χ3v) is 4.63. The Morgan fingerprint density at radius 2 is 1.14 bits per heavy atom. The Morgan fingerprint density at radius 1 is 0.727 bits per heavy atom. The van der Waals surface area contributed by atoms with Crippen LogP contribution in [0.25, 0.3) is 22.5 Å². The molecule has 0 atom stereocenters. The molecule has 0 radical (unpaired) electrons. The molecule has 3 heteroatoms. The van der Waals surface area contributed by atoms with E-state index in [1.807, 2.05) is 0 Å². The molecule has 0 spiro atoms. The molecule has 0 bridgehead atoms. The van der Waals surface area contributed by atoms with Gasteiger partial charge >= 0.3 is 0 Å². The Bertz CT molecular complexity index is 714. The molecule has 0 saturated carbocycles. The van der Waals surface area contributed by atoms with E-state index in [1.54, 1.807) is 0 Å². The van der Waals surface area contributed by atoms with Gasteiger partial charge in [0.05, 0.1) is 11.4 Å². The molecule has 22 heavy (non-hydrogen) atoms. The van der Waals surface area contributed by atoms with Gasteiger partial charge in [-0.3, -0.25) is 0 Å². The van der Waals surface area contributed by atoms with Crippen LogP contribution in [0.4, 0.5) is 0 Å². The Hall–Kier alpha value is -1.45. The van der Waals surface area contributed by atoms with Gasteiger partial charge in [-0.1, -0.05) is 63.0 Å². The highest BCUT2D eigenvalue weighted by atomic mass is 79.9. The van der Waals surface area contributed by atoms with Crippen LogP contribution in [0.15, 0.2) is 69.6 Å². The molecule has 110 valence electrons. The molecule has 0 saturated heterocycles. The summed E-state index contributed by atoms with van der Waals surface area (Å²) in [5.74, 6) is 0. The maximum absolute atomic E-state index is 4.85. The number of aromatic nitrogens is 1. The maximum atomic E-state index is 4.85. The van der Waals surface area contributed by atoms with E-state index >= 15 is 0 Å². The fourth-order valence-corrected chi connectivity index (χ4v) is 2.86. The Labute approximate surface area is 147 Å². The SMILES string of the molecule is CCc1cc(-c2ccc(Br)cc2)nc(-c2ccc(Br)cc2)c1. The van der Waals surface area contributed by atoms with Gasteiger partial charge in [0.15, 0.2) is 0 Å². The molecule has 0 unspecified atom stereocenters. The summed E-state index contributed by atoms with van der Waals surface area (Å²) in [5, 5.41) is 0. The van der Waals surface area contributed by atoms with Gasteiger partial charge in [0.1, 0.15) is 0 Å². The van der Waals surface area contributed by atoms with Crippen molar-refractivity contribution in [1.29, 1.82) is 0 Å². The second-order valence-corrected chi connectivity index (χ2v) is 6.94. The molecule has 0 amide bonds. The molecule has 1 nitrogen and oxygen atoms in total. The Kier molecular flexibility index (Phi) is 4.74. The summed E-state index contributed by atoms with van der Waals surface area (Å²) in [7, 11) is 0. The van der Waals surface area contributed by atoms with Crippen molar-refractivity contribution in [2.75, 3.05) is 0 Å². The van der Waals surface area contributed by atoms with Crippen LogP contribution in [0.3, 0.4) is 0 Å². The van der Waals surface area contributed by atoms with Gasteiger partial charge in [0.2, 0.25) is 0 Å². The number of nitrogens with zero attached hydrogens (tertiary/aromatic N) is 1. The molecule has 0 aliphatic heterocycles. The first kappa shape index (κ1) is 15.4. The lowest BCUT2D eigenvalue weighted by Gasteiger charge is -2.09. The van der Waals surface area contributed by atoms with E-state index < -0.39 is 0 Å². The van der Waals surface area contributed by atoms with E-state index in [4.69, 9.17) is 4.98 Å². The first-order valence-electron chi connectivity index (χ1n) is 7.18. The number of rotatable bonds is 3. The number of benzene rings is 2. The number of hydrogen-bond acceptors (Lipinski definition) is 1. The van der Waals surface area contributed by atoms with Crippen LogP contribution in [0, 0.1) is 0 Å². The topological polar surface area (TPSA) is 12.9 Å². The Morgan fingerprint density at radius 3 is 1.50 bits per heavy atom. The van der Waals surface area contributed by atoms with Gasteiger partial charge in [-0.25, -0.2) is 4.98 Å². The standard InChI is InChI=1S/C19H15Br2N/c1-2-13-11-18(14-3-7-16(20)8-4-14)22-19(12-13)15-5-9-17(21)10-6-15/h3-12H,2H2,1H3. The highest BCUT2D eigenvalue weighted by Gasteiger charge is 2.06. The van der Waals surface area contributed by atoms with Crippen molar-refractivity contribution in [2.24, 2.45) is 0 Å². The van der Waals surface area contributed by atoms with Gasteiger partial charge in [-0.2, -0.15) is 0 Å². The molecule has 3 rings (SSSR count). The van der Waals surface area contributed by atoms with Crippen molar-refractivity contribution in [3.8, 4) is 22.5 Å². The monoisotopic (exact) mass is 415 g/mol. The lowest BCUT2D eigenvalue weighted by molar-refractivity contribution is 1.12. The minimum absolute atomic E-state index is 0.996. The van der Waals surface area contributed by atoms with Gasteiger partial charge in [0, 0.05) is 20.1 Å². The van der Waals surface area contributed by atoms with E-state index in [0.717, 1.165) is 37.9 Å². The number of pyridine rings is 1. The Balaban J connectivity index is 2.10. The van der Waals surface area contributed by atoms with Crippen LogP contribution in [-0.2, 0) is 6.42 Å². The van der Waals surface area contributed by atoms with Gasteiger partial charge in [-0.05, 0) is 48.4 Å². The zero-order valence-electron chi connectivity index (χ0n) is 12.2. The zero-order valence-corrected chi connectivity index (χ0v) is 15.4. The summed E-state index contributed by atoms with van der Waals surface area (Å²) in [4.78, 5) is 4.85. The first-order chi connectivity index (χ1) is 10.7. The van der Waals surface area contributed by atoms with Crippen LogP contribution in [-0.4, -0.2) is 4.98 Å². The molecule has 2 aromatic carbocycles. The van der Waals surface area contributed by atoms with Crippen LogP contribution >= 0.6 is 31.9 Å². The van der Waals surface area contributed by atoms with Gasteiger partial charge in [-0.15, -0.1) is 0 Å². The second kappa shape index (κ2) is 6.76. The lowest BCUT2D eigenvalue weighted by Crippen LogP contribution is -1.92. The summed E-state index contributed by atoms with van der Waals surface area (Å²) in [6, 6.07) is 20.9. The van der Waals surface area contributed by atoms with Gasteiger partial charge in [0.25, 0.3) is 0 Å². The average molecular weight is 417 g/mol. The minimum atomic E-state index is 0.996. The van der Waals surface area contributed by atoms with Crippen LogP contribution in [0.2, 0.25) is 0 Å². The van der Waals surface area contributed by atoms with Crippen molar-refractivity contribution >= 4 is 31.9 Å². The fraction of sp³-hybridized carbons (Fsp3) is 0.105. The average Bonchev–Trinajstić information content (AvgIpc) is 2.55. The third kappa shape index (κ3) is 3.47. The molecule has 0 aliphatic rings. The van der Waals surface area contributed by atoms with Gasteiger partial charge < -0.3 is 0 Å². The fourth-order valence-electron chi connectivity index (χ4n) is 2.33. The van der Waals surface area contributed by atoms with E-state index in [2.05, 4.69) is 99.4 Å². The third-order valence-electron chi connectivity index (χ3n) is 3.57. The highest BCUT2D eigenvalue weighted by Crippen LogP contribution is 2.27. The van der Waals surface area contributed by atoms with E-state index in [0.29, 0.717) is 0 Å². The normalized spacial score (nSPS) is 10.7. The molecular formula is C19H15Br2N. The smallest absolute Gasteiger partial charge is 0.0712 e. The second-order valence-electron chi connectivity index (χ2n) is 5.11. The molecule has 0 aliphatic carbocycles. The largest absolute Gasteiger partial charge is 0.248 e. The molecule has 0 N–H and O–H groups in total. The first-order valence-corrected chi connectivity index (χ1v) is 8.77. The molecule has 0 fully saturated rings. The van der Waals surface area contributed by atoms with Crippen molar-refractivity contribution in [3.05, 3.63) is 75.2 Å². The molecular weight excluding hydrogens is 402 g/mol. The number of halogens is 2.